The molecule has 0 spiro atoms. The maximum absolute atomic E-state index is 14.6. The van der Waals surface area contributed by atoms with E-state index in [1.54, 1.807) is 6.07 Å². The van der Waals surface area contributed by atoms with E-state index in [0.717, 1.165) is 36.0 Å². The highest BCUT2D eigenvalue weighted by molar-refractivity contribution is 5.47. The molecule has 4 heteroatoms. The Morgan fingerprint density at radius 3 is 1.37 bits per heavy atom. The van der Waals surface area contributed by atoms with E-state index in [0.29, 0.717) is 12.4 Å². The lowest BCUT2D eigenvalue weighted by Crippen LogP contribution is -2.37. The number of unbranched alkanes of at least 4 members (excludes halogenated alkanes) is 16. The fraction of sp³-hybridized carbons (Fsp3) is 0.468. The van der Waals surface area contributed by atoms with E-state index >= 15 is 0 Å². The molecule has 0 aromatic heterocycles. The van der Waals surface area contributed by atoms with Gasteiger partial charge in [-0.15, -0.1) is 0 Å². The van der Waals surface area contributed by atoms with Crippen LogP contribution in [0.5, 0.6) is 5.75 Å². The molecule has 0 aliphatic heterocycles. The zero-order chi connectivity index (χ0) is 35.8. The van der Waals surface area contributed by atoms with Crippen LogP contribution in [0.1, 0.15) is 145 Å². The van der Waals surface area contributed by atoms with Crippen LogP contribution in [0.3, 0.4) is 0 Å². The summed E-state index contributed by atoms with van der Waals surface area (Å²) in [5, 5.41) is 9.25. The van der Waals surface area contributed by atoms with E-state index < -0.39 is 11.4 Å². The molecule has 0 unspecified atom stereocenters. The van der Waals surface area contributed by atoms with Gasteiger partial charge in [-0.1, -0.05) is 201 Å². The Labute approximate surface area is 308 Å². The summed E-state index contributed by atoms with van der Waals surface area (Å²) in [7, 11) is 0. The maximum atomic E-state index is 14.6. The highest BCUT2D eigenvalue weighted by Crippen LogP contribution is 2.41. The maximum Gasteiger partial charge on any atom is 0.144 e. The molecule has 0 N–H and O–H groups in total. The Morgan fingerprint density at radius 1 is 0.569 bits per heavy atom. The quantitative estimate of drug-likeness (QED) is 0.0487. The molecular formula is C47H60FNO2. The number of hydrogen-bond acceptors (Lipinski definition) is 3. The van der Waals surface area contributed by atoms with Crippen LogP contribution < -0.4 is 4.74 Å². The number of benzene rings is 4. The average molecular weight is 690 g/mol. The van der Waals surface area contributed by atoms with Crippen LogP contribution >= 0.6 is 0 Å². The smallest absolute Gasteiger partial charge is 0.144 e. The zero-order valence-corrected chi connectivity index (χ0v) is 31.0. The summed E-state index contributed by atoms with van der Waals surface area (Å²) in [6, 6.07) is 37.4. The van der Waals surface area contributed by atoms with E-state index in [-0.39, 0.29) is 11.7 Å². The number of ether oxygens (including phenoxy) is 2. The normalized spacial score (nSPS) is 12.0. The molecule has 0 bridgehead atoms. The van der Waals surface area contributed by atoms with Crippen molar-refractivity contribution in [2.24, 2.45) is 0 Å². The lowest BCUT2D eigenvalue weighted by atomic mass is 9.80. The van der Waals surface area contributed by atoms with Crippen LogP contribution in [0.15, 0.2) is 109 Å². The lowest BCUT2D eigenvalue weighted by molar-refractivity contribution is -0.0330. The molecule has 1 atom stereocenters. The van der Waals surface area contributed by atoms with Crippen molar-refractivity contribution in [1.82, 2.24) is 0 Å². The number of nitrogens with zero attached hydrogens (tertiary/aromatic N) is 1. The van der Waals surface area contributed by atoms with E-state index in [2.05, 4.69) is 43.3 Å². The van der Waals surface area contributed by atoms with E-state index in [4.69, 9.17) is 9.47 Å². The van der Waals surface area contributed by atoms with Gasteiger partial charge in [0.05, 0.1) is 12.2 Å². The summed E-state index contributed by atoms with van der Waals surface area (Å²) in [6.07, 6.45) is 23.1. The van der Waals surface area contributed by atoms with Gasteiger partial charge in [-0.2, -0.15) is 5.26 Å². The Hall–Kier alpha value is -3.94. The van der Waals surface area contributed by atoms with Crippen LogP contribution in [0.25, 0.3) is 0 Å². The summed E-state index contributed by atoms with van der Waals surface area (Å²) < 4.78 is 28.2. The zero-order valence-electron chi connectivity index (χ0n) is 31.0. The van der Waals surface area contributed by atoms with Gasteiger partial charge < -0.3 is 9.47 Å². The topological polar surface area (TPSA) is 42.2 Å². The molecule has 0 fully saturated rings. The van der Waals surface area contributed by atoms with Gasteiger partial charge in [0, 0.05) is 6.07 Å². The minimum atomic E-state index is -0.866. The van der Waals surface area contributed by atoms with Crippen molar-refractivity contribution in [3.05, 3.63) is 137 Å². The number of halogens is 1. The first-order valence-electron chi connectivity index (χ1n) is 19.8. The largest absolute Gasteiger partial charge is 0.488 e. The Bertz CT molecular complexity index is 1420. The molecule has 0 amide bonds. The van der Waals surface area contributed by atoms with Crippen molar-refractivity contribution in [2.45, 2.75) is 134 Å². The van der Waals surface area contributed by atoms with Crippen LogP contribution in [-0.2, 0) is 10.3 Å². The van der Waals surface area contributed by atoms with Gasteiger partial charge in [0.1, 0.15) is 29.3 Å². The summed E-state index contributed by atoms with van der Waals surface area (Å²) in [5.41, 5.74) is 2.24. The third kappa shape index (κ3) is 13.3. The first-order chi connectivity index (χ1) is 25.2. The average Bonchev–Trinajstić information content (AvgIpc) is 3.17. The predicted octanol–water partition coefficient (Wildman–Crippen LogP) is 13.5. The molecule has 0 heterocycles. The second kappa shape index (κ2) is 23.5. The third-order valence-electron chi connectivity index (χ3n) is 10.0. The lowest BCUT2D eigenvalue weighted by Gasteiger charge is -2.37. The second-order valence-corrected chi connectivity index (χ2v) is 14.0. The van der Waals surface area contributed by atoms with Crippen LogP contribution in [0.2, 0.25) is 0 Å². The molecular weight excluding hydrogens is 630 g/mol. The molecule has 4 aromatic carbocycles. The number of rotatable bonds is 26. The molecule has 3 nitrogen and oxygen atoms in total. The number of nitriles is 1. The molecule has 51 heavy (non-hydrogen) atoms. The molecule has 272 valence electrons. The van der Waals surface area contributed by atoms with Crippen LogP contribution in [0, 0.1) is 17.1 Å². The molecule has 0 saturated carbocycles. The van der Waals surface area contributed by atoms with Crippen molar-refractivity contribution in [3.63, 3.8) is 0 Å². The van der Waals surface area contributed by atoms with Gasteiger partial charge in [-0.05, 0) is 41.7 Å². The van der Waals surface area contributed by atoms with Crippen molar-refractivity contribution in [1.29, 1.82) is 5.26 Å². The summed E-state index contributed by atoms with van der Waals surface area (Å²) >= 11 is 0. The molecule has 0 radical (unpaired) electrons. The highest BCUT2D eigenvalue weighted by atomic mass is 19.1. The minimum Gasteiger partial charge on any atom is -0.488 e. The Balaban J connectivity index is 1.32. The summed E-state index contributed by atoms with van der Waals surface area (Å²) in [5.74, 6) is -0.156. The van der Waals surface area contributed by atoms with Gasteiger partial charge in [0.25, 0.3) is 0 Å². The van der Waals surface area contributed by atoms with Crippen molar-refractivity contribution in [2.75, 3.05) is 6.61 Å². The van der Waals surface area contributed by atoms with Crippen molar-refractivity contribution in [3.8, 4) is 11.8 Å². The molecule has 0 saturated heterocycles. The molecule has 4 aromatic rings. The Morgan fingerprint density at radius 2 is 0.980 bits per heavy atom. The van der Waals surface area contributed by atoms with Gasteiger partial charge in [-0.25, -0.2) is 4.39 Å². The highest BCUT2D eigenvalue weighted by Gasteiger charge is 2.38. The summed E-state index contributed by atoms with van der Waals surface area (Å²) in [6.45, 7) is 2.59. The minimum absolute atomic E-state index is 0.0135. The molecule has 0 aliphatic carbocycles. The van der Waals surface area contributed by atoms with Crippen molar-refractivity contribution < 1.29 is 13.9 Å². The monoisotopic (exact) mass is 689 g/mol. The van der Waals surface area contributed by atoms with Gasteiger partial charge in [0.2, 0.25) is 0 Å². The van der Waals surface area contributed by atoms with Crippen molar-refractivity contribution >= 4 is 0 Å². The fourth-order valence-electron chi connectivity index (χ4n) is 7.11. The van der Waals surface area contributed by atoms with E-state index in [1.807, 2.05) is 60.7 Å². The third-order valence-corrected chi connectivity index (χ3v) is 10.0. The fourth-order valence-corrected chi connectivity index (χ4v) is 7.11. The van der Waals surface area contributed by atoms with E-state index in [1.165, 1.54) is 108 Å². The standard InChI is InChI=1S/C47H60FNO2/c1-2-3-4-5-6-7-8-9-10-11-12-13-14-15-16-17-27-34-45(51-44-36-35-40(38-49)46(48)37-44)39-50-47(41-28-21-18-22-29-41,42-30-23-19-24-31-42)43-32-25-20-26-33-43/h18-26,28-33,35-37,45H,2-17,27,34,39H2,1H3/t45-/m1/s1. The molecule has 4 rings (SSSR count). The van der Waals surface area contributed by atoms with Gasteiger partial charge >= 0.3 is 0 Å². The first-order valence-corrected chi connectivity index (χ1v) is 19.8. The van der Waals surface area contributed by atoms with Crippen LogP contribution in [0.4, 0.5) is 4.39 Å². The second-order valence-electron chi connectivity index (χ2n) is 14.0. The predicted molar refractivity (Wildman–Crippen MR) is 209 cm³/mol. The van der Waals surface area contributed by atoms with Crippen LogP contribution in [-0.4, -0.2) is 12.7 Å². The van der Waals surface area contributed by atoms with Gasteiger partial charge in [-0.3, -0.25) is 0 Å². The first kappa shape index (κ1) is 39.8. The van der Waals surface area contributed by atoms with E-state index in [9.17, 15) is 9.65 Å². The summed E-state index contributed by atoms with van der Waals surface area (Å²) in [4.78, 5) is 0. The van der Waals surface area contributed by atoms with Gasteiger partial charge in [0.15, 0.2) is 0 Å². The molecule has 0 aliphatic rings. The number of hydrogen-bond donors (Lipinski definition) is 0. The Kier molecular flexibility index (Phi) is 18.4. The SMILES string of the molecule is CCCCCCCCCCCCCCCCCCC[C@H](COC(c1ccccc1)(c1ccccc1)c1ccccc1)Oc1ccc(C#N)c(F)c1.